The molecule has 7 heteroatoms. The summed E-state index contributed by atoms with van der Waals surface area (Å²) in [6.45, 7) is 9.87. The van der Waals surface area contributed by atoms with Crippen molar-refractivity contribution < 1.29 is 23.8 Å². The van der Waals surface area contributed by atoms with Crippen molar-refractivity contribution in [3.05, 3.63) is 114 Å². The van der Waals surface area contributed by atoms with Gasteiger partial charge in [0.2, 0.25) is 0 Å². The lowest BCUT2D eigenvalue weighted by Crippen LogP contribution is -2.31. The van der Waals surface area contributed by atoms with Gasteiger partial charge in [-0.2, -0.15) is 0 Å². The zero-order valence-corrected chi connectivity index (χ0v) is 21.2. The molecule has 0 fully saturated rings. The van der Waals surface area contributed by atoms with E-state index in [0.717, 1.165) is 11.1 Å². The molecule has 0 aliphatic rings. The third-order valence-electron chi connectivity index (χ3n) is 4.84. The first-order valence-electron chi connectivity index (χ1n) is 11.6. The summed E-state index contributed by atoms with van der Waals surface area (Å²) in [7, 11) is 0. The molecule has 0 unspecified atom stereocenters. The number of carbonyl (C=O) groups is 2. The number of aromatic nitrogens is 2. The van der Waals surface area contributed by atoms with E-state index in [9.17, 15) is 9.59 Å². The third kappa shape index (κ3) is 8.51. The van der Waals surface area contributed by atoms with Crippen LogP contribution in [0.25, 0.3) is 0 Å². The van der Waals surface area contributed by atoms with Gasteiger partial charge in [0, 0.05) is 47.1 Å². The Morgan fingerprint density at radius 2 is 1.16 bits per heavy atom. The molecule has 0 spiro atoms. The van der Waals surface area contributed by atoms with E-state index in [1.165, 1.54) is 13.8 Å². The Morgan fingerprint density at radius 3 is 1.55 bits per heavy atom. The molecular weight excluding hydrogens is 480 g/mol. The standard InChI is InChI=1S/C31H26N2O5/c1-22(2)30(34)36-20-28(21-37-31(35)23(3)4)38-29-26(10-8-24-12-16-32-17-13-24)6-5-7-27(29)11-9-25-14-18-33-19-15-25/h5-7,12-19,28H,1,3,20-21H2,2,4H3. The number of carbonyl (C=O) groups excluding carboxylic acids is 2. The number of rotatable bonds is 8. The second-order valence-electron chi connectivity index (χ2n) is 8.15. The largest absolute Gasteiger partial charge is 0.481 e. The lowest BCUT2D eigenvalue weighted by Gasteiger charge is -2.21. The number of hydrogen-bond acceptors (Lipinski definition) is 7. The zero-order chi connectivity index (χ0) is 27.3. The molecular formula is C31H26N2O5. The predicted molar refractivity (Wildman–Crippen MR) is 143 cm³/mol. The molecule has 2 aromatic heterocycles. The smallest absolute Gasteiger partial charge is 0.333 e. The van der Waals surface area contributed by atoms with Crippen molar-refractivity contribution in [2.45, 2.75) is 20.0 Å². The van der Waals surface area contributed by atoms with Crippen molar-refractivity contribution in [1.82, 2.24) is 9.97 Å². The topological polar surface area (TPSA) is 87.6 Å². The minimum Gasteiger partial charge on any atom is -0.481 e. The van der Waals surface area contributed by atoms with Gasteiger partial charge in [-0.15, -0.1) is 0 Å². The van der Waals surface area contributed by atoms with Gasteiger partial charge in [-0.3, -0.25) is 9.97 Å². The second kappa shape index (κ2) is 13.8. The number of hydrogen-bond donors (Lipinski definition) is 0. The summed E-state index contributed by atoms with van der Waals surface area (Å²) in [6, 6.07) is 12.6. The third-order valence-corrected chi connectivity index (χ3v) is 4.84. The van der Waals surface area contributed by atoms with Crippen LogP contribution in [0.5, 0.6) is 5.75 Å². The fraction of sp³-hybridized carbons (Fsp3) is 0.161. The normalized spacial score (nSPS) is 9.76. The maximum Gasteiger partial charge on any atom is 0.333 e. The molecule has 3 aromatic rings. The van der Waals surface area contributed by atoms with Gasteiger partial charge in [0.05, 0.1) is 11.1 Å². The predicted octanol–water partition coefficient (Wildman–Crippen LogP) is 4.26. The number of benzene rings is 1. The van der Waals surface area contributed by atoms with E-state index >= 15 is 0 Å². The monoisotopic (exact) mass is 506 g/mol. The second-order valence-corrected chi connectivity index (χ2v) is 8.15. The zero-order valence-electron chi connectivity index (χ0n) is 21.2. The quantitative estimate of drug-likeness (QED) is 0.256. The molecule has 0 atom stereocenters. The van der Waals surface area contributed by atoms with Crippen LogP contribution in [0, 0.1) is 23.7 Å². The SMILES string of the molecule is C=C(C)C(=O)OCC(COC(=O)C(=C)C)Oc1c(C#Cc2ccncc2)cccc1C#Cc1ccncc1. The molecule has 1 aromatic carbocycles. The molecule has 2 heterocycles. The first kappa shape index (κ1) is 27.4. The average molecular weight is 507 g/mol. The summed E-state index contributed by atoms with van der Waals surface area (Å²) in [4.78, 5) is 32.1. The molecule has 0 saturated carbocycles. The minimum atomic E-state index is -0.855. The highest BCUT2D eigenvalue weighted by atomic mass is 16.6. The number of pyridine rings is 2. The Morgan fingerprint density at radius 1 is 0.737 bits per heavy atom. The van der Waals surface area contributed by atoms with Crippen LogP contribution in [-0.4, -0.2) is 41.2 Å². The Hall–Kier alpha value is -5.14. The van der Waals surface area contributed by atoms with Crippen LogP contribution in [0.3, 0.4) is 0 Å². The van der Waals surface area contributed by atoms with Crippen LogP contribution >= 0.6 is 0 Å². The molecule has 0 aliphatic heterocycles. The van der Waals surface area contributed by atoms with E-state index in [0.29, 0.717) is 16.9 Å². The molecule has 190 valence electrons. The van der Waals surface area contributed by atoms with Crippen LogP contribution < -0.4 is 4.74 Å². The molecule has 0 bridgehead atoms. The van der Waals surface area contributed by atoms with Crippen LogP contribution in [0.15, 0.2) is 91.6 Å². The van der Waals surface area contributed by atoms with Gasteiger partial charge in [0.1, 0.15) is 13.2 Å². The summed E-state index contributed by atoms with van der Waals surface area (Å²) < 4.78 is 16.9. The van der Waals surface area contributed by atoms with Gasteiger partial charge in [-0.1, -0.05) is 42.9 Å². The minimum absolute atomic E-state index is 0.196. The van der Waals surface area contributed by atoms with Gasteiger partial charge in [0.25, 0.3) is 0 Å². The van der Waals surface area contributed by atoms with Gasteiger partial charge in [-0.25, -0.2) is 9.59 Å². The van der Waals surface area contributed by atoms with Gasteiger partial charge < -0.3 is 14.2 Å². The van der Waals surface area contributed by atoms with E-state index in [2.05, 4.69) is 46.8 Å². The highest BCUT2D eigenvalue weighted by Gasteiger charge is 2.20. The highest BCUT2D eigenvalue weighted by Crippen LogP contribution is 2.25. The molecule has 0 aliphatic carbocycles. The van der Waals surface area contributed by atoms with Crippen molar-refractivity contribution in [1.29, 1.82) is 0 Å². The van der Waals surface area contributed by atoms with Crippen molar-refractivity contribution in [2.24, 2.45) is 0 Å². The summed E-state index contributed by atoms with van der Waals surface area (Å²) in [6.07, 6.45) is 5.76. The van der Waals surface area contributed by atoms with Gasteiger partial charge >= 0.3 is 11.9 Å². The fourth-order valence-electron chi connectivity index (χ4n) is 2.88. The van der Waals surface area contributed by atoms with E-state index in [1.54, 1.807) is 61.2 Å². The van der Waals surface area contributed by atoms with Crippen LogP contribution in [0.1, 0.15) is 36.1 Å². The number of ether oxygens (including phenoxy) is 3. The van der Waals surface area contributed by atoms with Crippen molar-refractivity contribution in [3.63, 3.8) is 0 Å². The van der Waals surface area contributed by atoms with Crippen LogP contribution in [0.4, 0.5) is 0 Å². The number of esters is 2. The maximum absolute atomic E-state index is 12.0. The van der Waals surface area contributed by atoms with E-state index < -0.39 is 18.0 Å². The molecule has 0 saturated heterocycles. The summed E-state index contributed by atoms with van der Waals surface area (Å²) in [5, 5.41) is 0. The Labute approximate surface area is 222 Å². The number of nitrogens with zero attached hydrogens (tertiary/aromatic N) is 2. The number of para-hydroxylation sites is 1. The van der Waals surface area contributed by atoms with E-state index in [4.69, 9.17) is 14.2 Å². The molecule has 38 heavy (non-hydrogen) atoms. The molecule has 0 N–H and O–H groups in total. The Kier molecular flexibility index (Phi) is 9.98. The lowest BCUT2D eigenvalue weighted by atomic mass is 10.1. The highest BCUT2D eigenvalue weighted by molar-refractivity contribution is 5.87. The van der Waals surface area contributed by atoms with Gasteiger partial charge in [0.15, 0.2) is 11.9 Å². The molecule has 0 amide bonds. The first-order valence-corrected chi connectivity index (χ1v) is 11.6. The molecule has 0 radical (unpaired) electrons. The van der Waals surface area contributed by atoms with E-state index in [1.807, 2.05) is 6.07 Å². The van der Waals surface area contributed by atoms with Gasteiger partial charge in [-0.05, 0) is 50.2 Å². The maximum atomic E-state index is 12.0. The average Bonchev–Trinajstić information content (AvgIpc) is 2.93. The van der Waals surface area contributed by atoms with Crippen LogP contribution in [-0.2, 0) is 19.1 Å². The van der Waals surface area contributed by atoms with E-state index in [-0.39, 0.29) is 24.4 Å². The fourth-order valence-corrected chi connectivity index (χ4v) is 2.88. The Bertz CT molecular complexity index is 1340. The summed E-state index contributed by atoms with van der Waals surface area (Å²) in [5.41, 5.74) is 3.09. The summed E-state index contributed by atoms with van der Waals surface area (Å²) in [5.74, 6) is 11.6. The first-order chi connectivity index (χ1) is 18.3. The Balaban J connectivity index is 2.00. The van der Waals surface area contributed by atoms with Crippen LogP contribution in [0.2, 0.25) is 0 Å². The lowest BCUT2D eigenvalue weighted by molar-refractivity contribution is -0.146. The van der Waals surface area contributed by atoms with Crippen molar-refractivity contribution >= 4 is 11.9 Å². The van der Waals surface area contributed by atoms with Crippen molar-refractivity contribution in [3.8, 4) is 29.4 Å². The molecule has 3 rings (SSSR count). The molecule has 7 nitrogen and oxygen atoms in total. The summed E-state index contributed by atoms with van der Waals surface area (Å²) >= 11 is 0. The van der Waals surface area contributed by atoms with Crippen molar-refractivity contribution in [2.75, 3.05) is 13.2 Å².